The van der Waals surface area contributed by atoms with Gasteiger partial charge in [-0.3, -0.25) is 14.7 Å². The maximum absolute atomic E-state index is 12.6. The smallest absolute Gasteiger partial charge is 0.232 e. The van der Waals surface area contributed by atoms with Crippen molar-refractivity contribution in [2.75, 3.05) is 6.73 Å². The summed E-state index contributed by atoms with van der Waals surface area (Å²) in [6, 6.07) is 9.54. The SMILES string of the molecule is CC(C)N1COc2ccc3c(c2C1)O/C(=C\c1ccccn1)C3=O. The first-order valence-electron chi connectivity index (χ1n) is 8.01. The molecule has 0 aliphatic carbocycles. The number of nitrogens with zero attached hydrogens (tertiary/aromatic N) is 2. The van der Waals surface area contributed by atoms with Crippen LogP contribution in [-0.2, 0) is 6.54 Å². The minimum Gasteiger partial charge on any atom is -0.478 e. The molecule has 5 heteroatoms. The van der Waals surface area contributed by atoms with Crippen molar-refractivity contribution < 1.29 is 14.3 Å². The molecule has 0 atom stereocenters. The number of ketones is 1. The Hall–Kier alpha value is -2.66. The molecule has 0 radical (unpaired) electrons. The summed E-state index contributed by atoms with van der Waals surface area (Å²) in [5, 5.41) is 0. The Morgan fingerprint density at radius 2 is 2.12 bits per heavy atom. The van der Waals surface area contributed by atoms with Gasteiger partial charge >= 0.3 is 0 Å². The first-order chi connectivity index (χ1) is 11.6. The van der Waals surface area contributed by atoms with E-state index < -0.39 is 0 Å². The predicted molar refractivity (Wildman–Crippen MR) is 89.8 cm³/mol. The monoisotopic (exact) mass is 322 g/mol. The van der Waals surface area contributed by atoms with Gasteiger partial charge in [-0.15, -0.1) is 0 Å². The number of aromatic nitrogens is 1. The van der Waals surface area contributed by atoms with Gasteiger partial charge in [0.25, 0.3) is 0 Å². The van der Waals surface area contributed by atoms with Crippen LogP contribution in [0.1, 0.15) is 35.5 Å². The van der Waals surface area contributed by atoms with E-state index in [2.05, 4.69) is 23.7 Å². The zero-order valence-corrected chi connectivity index (χ0v) is 13.7. The van der Waals surface area contributed by atoms with Crippen molar-refractivity contribution in [1.29, 1.82) is 0 Å². The molecule has 0 saturated heterocycles. The van der Waals surface area contributed by atoms with E-state index in [-0.39, 0.29) is 5.78 Å². The molecule has 122 valence electrons. The fourth-order valence-electron chi connectivity index (χ4n) is 2.90. The highest BCUT2D eigenvalue weighted by molar-refractivity contribution is 6.14. The zero-order chi connectivity index (χ0) is 16.7. The van der Waals surface area contributed by atoms with Crippen molar-refractivity contribution >= 4 is 11.9 Å². The second kappa shape index (κ2) is 5.76. The Bertz CT molecular complexity index is 828. The van der Waals surface area contributed by atoms with Gasteiger partial charge in [0.1, 0.15) is 18.2 Å². The second-order valence-corrected chi connectivity index (χ2v) is 6.23. The second-order valence-electron chi connectivity index (χ2n) is 6.23. The number of ether oxygens (including phenoxy) is 2. The molecule has 0 saturated carbocycles. The first kappa shape index (κ1) is 14.9. The number of allylic oxidation sites excluding steroid dienone is 1. The van der Waals surface area contributed by atoms with E-state index in [4.69, 9.17) is 9.47 Å². The minimum atomic E-state index is -0.111. The molecule has 1 aromatic heterocycles. The Balaban J connectivity index is 1.72. The molecule has 2 aliphatic rings. The van der Waals surface area contributed by atoms with Crippen molar-refractivity contribution in [2.45, 2.75) is 26.4 Å². The molecule has 0 amide bonds. The number of carbonyl (C=O) groups is 1. The molecule has 5 nitrogen and oxygen atoms in total. The first-order valence-corrected chi connectivity index (χ1v) is 8.01. The van der Waals surface area contributed by atoms with E-state index >= 15 is 0 Å². The van der Waals surface area contributed by atoms with E-state index in [0.29, 0.717) is 42.1 Å². The van der Waals surface area contributed by atoms with Crippen molar-refractivity contribution in [3.8, 4) is 11.5 Å². The Labute approximate surface area is 140 Å². The third-order valence-corrected chi connectivity index (χ3v) is 4.34. The molecule has 0 N–H and O–H groups in total. The number of fused-ring (bicyclic) bond motifs is 3. The molecular formula is C19H18N2O3. The summed E-state index contributed by atoms with van der Waals surface area (Å²) in [5.41, 5.74) is 2.22. The molecule has 0 unspecified atom stereocenters. The maximum atomic E-state index is 12.6. The van der Waals surface area contributed by atoms with Crippen LogP contribution in [0.3, 0.4) is 0 Å². The van der Waals surface area contributed by atoms with Crippen molar-refractivity contribution in [2.24, 2.45) is 0 Å². The minimum absolute atomic E-state index is 0.111. The van der Waals surface area contributed by atoms with E-state index in [1.165, 1.54) is 0 Å². The van der Waals surface area contributed by atoms with E-state index in [0.717, 1.165) is 11.3 Å². The van der Waals surface area contributed by atoms with Gasteiger partial charge in [0, 0.05) is 24.9 Å². The Morgan fingerprint density at radius 1 is 1.25 bits per heavy atom. The van der Waals surface area contributed by atoms with Crippen LogP contribution in [0.2, 0.25) is 0 Å². The van der Waals surface area contributed by atoms with Crippen molar-refractivity contribution in [1.82, 2.24) is 9.88 Å². The number of hydrogen-bond donors (Lipinski definition) is 0. The van der Waals surface area contributed by atoms with Crippen LogP contribution in [0, 0.1) is 0 Å². The lowest BCUT2D eigenvalue weighted by molar-refractivity contribution is 0.0674. The van der Waals surface area contributed by atoms with Crippen LogP contribution < -0.4 is 9.47 Å². The molecule has 1 aromatic carbocycles. The zero-order valence-electron chi connectivity index (χ0n) is 13.7. The summed E-state index contributed by atoms with van der Waals surface area (Å²) in [7, 11) is 0. The van der Waals surface area contributed by atoms with Gasteiger partial charge in [0.15, 0.2) is 5.76 Å². The lowest BCUT2D eigenvalue weighted by atomic mass is 10.0. The Morgan fingerprint density at radius 3 is 2.88 bits per heavy atom. The summed E-state index contributed by atoms with van der Waals surface area (Å²) in [4.78, 5) is 19.0. The van der Waals surface area contributed by atoms with E-state index in [9.17, 15) is 4.79 Å². The third kappa shape index (κ3) is 2.47. The molecule has 2 aromatic rings. The summed E-state index contributed by atoms with van der Waals surface area (Å²) >= 11 is 0. The fraction of sp³-hybridized carbons (Fsp3) is 0.263. The molecule has 0 bridgehead atoms. The normalized spacial score (nSPS) is 18.3. The number of pyridine rings is 1. The molecule has 24 heavy (non-hydrogen) atoms. The van der Waals surface area contributed by atoms with Crippen molar-refractivity contribution in [3.05, 3.63) is 59.1 Å². The van der Waals surface area contributed by atoms with Crippen LogP contribution in [0.15, 0.2) is 42.3 Å². The van der Waals surface area contributed by atoms with Crippen molar-refractivity contribution in [3.63, 3.8) is 0 Å². The largest absolute Gasteiger partial charge is 0.478 e. The molecular weight excluding hydrogens is 304 g/mol. The summed E-state index contributed by atoms with van der Waals surface area (Å²) in [6.07, 6.45) is 3.37. The standard InChI is InChI=1S/C19H18N2O3/c1-12(2)21-10-15-16(23-11-21)7-6-14-18(22)17(24-19(14)15)9-13-5-3-4-8-20-13/h3-9,12H,10-11H2,1-2H3/b17-9-. The van der Waals surface area contributed by atoms with Crippen LogP contribution in [0.5, 0.6) is 11.5 Å². The highest BCUT2D eigenvalue weighted by atomic mass is 16.5. The number of hydrogen-bond acceptors (Lipinski definition) is 5. The molecule has 2 aliphatic heterocycles. The summed E-state index contributed by atoms with van der Waals surface area (Å²) in [6.45, 7) is 5.50. The quantitative estimate of drug-likeness (QED) is 0.794. The van der Waals surface area contributed by atoms with Gasteiger partial charge in [-0.2, -0.15) is 0 Å². The average Bonchev–Trinajstić information content (AvgIpc) is 2.92. The lowest BCUT2D eigenvalue weighted by Crippen LogP contribution is -2.37. The van der Waals surface area contributed by atoms with Crippen LogP contribution >= 0.6 is 0 Å². The molecule has 4 rings (SSSR count). The van der Waals surface area contributed by atoms with E-state index in [1.807, 2.05) is 24.3 Å². The van der Waals surface area contributed by atoms with Gasteiger partial charge < -0.3 is 9.47 Å². The number of benzene rings is 1. The molecule has 3 heterocycles. The van der Waals surface area contributed by atoms with Crippen LogP contribution in [-0.4, -0.2) is 28.4 Å². The number of rotatable bonds is 2. The number of Topliss-reactive ketones (excluding diaryl/α,β-unsaturated/α-hetero) is 1. The van der Waals surface area contributed by atoms with Crippen LogP contribution in [0.4, 0.5) is 0 Å². The van der Waals surface area contributed by atoms with Crippen LogP contribution in [0.25, 0.3) is 6.08 Å². The molecule has 0 fully saturated rings. The van der Waals surface area contributed by atoms with Gasteiger partial charge in [0.2, 0.25) is 5.78 Å². The molecule has 0 spiro atoms. The highest BCUT2D eigenvalue weighted by Gasteiger charge is 2.34. The number of carbonyl (C=O) groups excluding carboxylic acids is 1. The lowest BCUT2D eigenvalue weighted by Gasteiger charge is -2.32. The topological polar surface area (TPSA) is 51.7 Å². The van der Waals surface area contributed by atoms with Gasteiger partial charge in [-0.1, -0.05) is 6.07 Å². The Kier molecular flexibility index (Phi) is 3.58. The third-order valence-electron chi connectivity index (χ3n) is 4.34. The highest BCUT2D eigenvalue weighted by Crippen LogP contribution is 2.42. The average molecular weight is 322 g/mol. The van der Waals surface area contributed by atoms with E-state index in [1.54, 1.807) is 18.3 Å². The summed E-state index contributed by atoms with van der Waals surface area (Å²) in [5.74, 6) is 1.60. The van der Waals surface area contributed by atoms with Gasteiger partial charge in [0.05, 0.1) is 16.8 Å². The maximum Gasteiger partial charge on any atom is 0.232 e. The van der Waals surface area contributed by atoms with Gasteiger partial charge in [-0.25, -0.2) is 0 Å². The summed E-state index contributed by atoms with van der Waals surface area (Å²) < 4.78 is 11.7. The fourth-order valence-corrected chi connectivity index (χ4v) is 2.90. The predicted octanol–water partition coefficient (Wildman–Crippen LogP) is 3.26. The van der Waals surface area contributed by atoms with Gasteiger partial charge in [-0.05, 0) is 38.1 Å².